The second-order valence-electron chi connectivity index (χ2n) is 6.09. The van der Waals surface area contributed by atoms with Gasteiger partial charge in [0.15, 0.2) is 0 Å². The zero-order valence-corrected chi connectivity index (χ0v) is 14.9. The van der Waals surface area contributed by atoms with E-state index in [2.05, 4.69) is 10.3 Å². The van der Waals surface area contributed by atoms with E-state index >= 15 is 0 Å². The first-order valence-corrected chi connectivity index (χ1v) is 9.34. The summed E-state index contributed by atoms with van der Waals surface area (Å²) < 4.78 is 11.4. The van der Waals surface area contributed by atoms with E-state index < -0.39 is 0 Å². The van der Waals surface area contributed by atoms with Crippen molar-refractivity contribution >= 4 is 17.2 Å². The third-order valence-corrected chi connectivity index (χ3v) is 4.84. The lowest BCUT2D eigenvalue weighted by atomic mass is 10.0. The fraction of sp³-hybridized carbons (Fsp3) is 0.200. The van der Waals surface area contributed by atoms with Gasteiger partial charge in [0.25, 0.3) is 5.91 Å². The molecule has 2 aromatic carbocycles. The monoisotopic (exact) mass is 366 g/mol. The molecule has 0 aliphatic carbocycles. The van der Waals surface area contributed by atoms with Gasteiger partial charge in [-0.05, 0) is 42.3 Å². The average molecular weight is 366 g/mol. The normalized spacial score (nSPS) is 15.6. The minimum atomic E-state index is -0.107. The van der Waals surface area contributed by atoms with E-state index in [0.717, 1.165) is 23.4 Å². The van der Waals surface area contributed by atoms with Crippen molar-refractivity contribution in [3.05, 3.63) is 76.2 Å². The van der Waals surface area contributed by atoms with Gasteiger partial charge in [-0.15, -0.1) is 11.3 Å². The molecule has 0 fully saturated rings. The van der Waals surface area contributed by atoms with Crippen LogP contribution in [0.5, 0.6) is 11.5 Å². The number of ether oxygens (including phenoxy) is 2. The van der Waals surface area contributed by atoms with E-state index in [-0.39, 0.29) is 11.9 Å². The second kappa shape index (κ2) is 7.58. The van der Waals surface area contributed by atoms with E-state index in [1.807, 2.05) is 29.6 Å². The highest BCUT2D eigenvalue weighted by atomic mass is 32.1. The highest BCUT2D eigenvalue weighted by molar-refractivity contribution is 7.07. The fourth-order valence-corrected chi connectivity index (χ4v) is 3.40. The van der Waals surface area contributed by atoms with E-state index in [0.29, 0.717) is 24.5 Å². The summed E-state index contributed by atoms with van der Waals surface area (Å²) in [5.74, 6) is 1.51. The molecule has 0 spiro atoms. The van der Waals surface area contributed by atoms with Crippen LogP contribution in [0.2, 0.25) is 0 Å². The number of amides is 1. The number of carbonyl (C=O) groups excluding carboxylic acids is 1. The quantitative estimate of drug-likeness (QED) is 0.751. The number of nitrogens with one attached hydrogen (secondary N) is 1. The van der Waals surface area contributed by atoms with Crippen LogP contribution in [-0.4, -0.2) is 23.5 Å². The van der Waals surface area contributed by atoms with Crippen LogP contribution in [0, 0.1) is 0 Å². The molecule has 1 atom stereocenters. The van der Waals surface area contributed by atoms with Crippen LogP contribution in [0.1, 0.15) is 21.6 Å². The number of aromatic nitrogens is 1. The molecule has 0 radical (unpaired) electrons. The topological polar surface area (TPSA) is 60.5 Å². The summed E-state index contributed by atoms with van der Waals surface area (Å²) in [5, 5.41) is 4.99. The molecule has 1 N–H and O–H groups in total. The van der Waals surface area contributed by atoms with Crippen molar-refractivity contribution in [3.63, 3.8) is 0 Å². The van der Waals surface area contributed by atoms with Gasteiger partial charge in [0.2, 0.25) is 0 Å². The Morgan fingerprint density at radius 3 is 2.88 bits per heavy atom. The molecule has 0 bridgehead atoms. The molecule has 1 unspecified atom stereocenters. The summed E-state index contributed by atoms with van der Waals surface area (Å²) in [4.78, 5) is 16.6. The molecule has 1 aromatic heterocycles. The lowest BCUT2D eigenvalue weighted by molar-refractivity contribution is 0.0915. The van der Waals surface area contributed by atoms with Crippen molar-refractivity contribution < 1.29 is 14.3 Å². The number of rotatable bonds is 5. The SMILES string of the molecule is O=C(NC1COc2ccccc2C1)c1ccc(OCc2cscn2)cc1. The summed E-state index contributed by atoms with van der Waals surface area (Å²) in [7, 11) is 0. The Hall–Kier alpha value is -2.86. The average Bonchev–Trinajstić information content (AvgIpc) is 3.20. The smallest absolute Gasteiger partial charge is 0.251 e. The summed E-state index contributed by atoms with van der Waals surface area (Å²) in [6, 6.07) is 15.0. The van der Waals surface area contributed by atoms with Crippen LogP contribution in [0.3, 0.4) is 0 Å². The van der Waals surface area contributed by atoms with Crippen LogP contribution in [0.25, 0.3) is 0 Å². The van der Waals surface area contributed by atoms with Gasteiger partial charge in [-0.3, -0.25) is 4.79 Å². The summed E-state index contributed by atoms with van der Waals surface area (Å²) >= 11 is 1.54. The maximum atomic E-state index is 12.5. The first-order chi connectivity index (χ1) is 12.8. The number of fused-ring (bicyclic) bond motifs is 1. The number of nitrogens with zero attached hydrogens (tertiary/aromatic N) is 1. The molecule has 3 aromatic rings. The van der Waals surface area contributed by atoms with Gasteiger partial charge in [0.05, 0.1) is 17.2 Å². The molecule has 0 saturated heterocycles. The lowest BCUT2D eigenvalue weighted by Crippen LogP contribution is -2.42. The maximum Gasteiger partial charge on any atom is 0.251 e. The van der Waals surface area contributed by atoms with Gasteiger partial charge in [-0.25, -0.2) is 4.98 Å². The van der Waals surface area contributed by atoms with Crippen LogP contribution >= 0.6 is 11.3 Å². The van der Waals surface area contributed by atoms with Gasteiger partial charge in [0, 0.05) is 10.9 Å². The maximum absolute atomic E-state index is 12.5. The minimum Gasteiger partial charge on any atom is -0.491 e. The molecule has 6 heteroatoms. The number of carbonyl (C=O) groups is 1. The standard InChI is InChI=1S/C20H18N2O3S/c23-20(22-16-9-15-3-1-2-4-19(15)25-10-16)14-5-7-18(8-6-14)24-11-17-12-26-13-21-17/h1-8,12-13,16H,9-11H2,(H,22,23). The fourth-order valence-electron chi connectivity index (χ4n) is 2.86. The Labute approximate surface area is 155 Å². The zero-order chi connectivity index (χ0) is 17.8. The van der Waals surface area contributed by atoms with Crippen molar-refractivity contribution in [3.8, 4) is 11.5 Å². The Kier molecular flexibility index (Phi) is 4.84. The number of hydrogen-bond donors (Lipinski definition) is 1. The third-order valence-electron chi connectivity index (χ3n) is 4.20. The Balaban J connectivity index is 1.33. The predicted molar refractivity (Wildman–Crippen MR) is 99.8 cm³/mol. The Morgan fingerprint density at radius 2 is 2.08 bits per heavy atom. The van der Waals surface area contributed by atoms with Crippen molar-refractivity contribution in [2.75, 3.05) is 6.61 Å². The molecule has 1 amide bonds. The number of para-hydroxylation sites is 1. The first kappa shape index (κ1) is 16.6. The minimum absolute atomic E-state index is 0.0296. The predicted octanol–water partition coefficient (Wildman–Crippen LogP) is 3.46. The van der Waals surface area contributed by atoms with Gasteiger partial charge in [-0.1, -0.05) is 18.2 Å². The molecular formula is C20H18N2O3S. The van der Waals surface area contributed by atoms with Crippen molar-refractivity contribution in [1.29, 1.82) is 0 Å². The van der Waals surface area contributed by atoms with E-state index in [4.69, 9.17) is 9.47 Å². The van der Waals surface area contributed by atoms with Crippen LogP contribution in [0.4, 0.5) is 0 Å². The lowest BCUT2D eigenvalue weighted by Gasteiger charge is -2.26. The Morgan fingerprint density at radius 1 is 1.23 bits per heavy atom. The largest absolute Gasteiger partial charge is 0.491 e. The van der Waals surface area contributed by atoms with Crippen LogP contribution in [-0.2, 0) is 13.0 Å². The molecule has 1 aliphatic heterocycles. The summed E-state index contributed by atoms with van der Waals surface area (Å²) in [5.41, 5.74) is 4.40. The summed E-state index contributed by atoms with van der Waals surface area (Å²) in [6.45, 7) is 0.908. The highest BCUT2D eigenvalue weighted by Gasteiger charge is 2.21. The van der Waals surface area contributed by atoms with Crippen LogP contribution < -0.4 is 14.8 Å². The second-order valence-corrected chi connectivity index (χ2v) is 6.80. The van der Waals surface area contributed by atoms with Crippen molar-refractivity contribution in [2.24, 2.45) is 0 Å². The number of hydrogen-bond acceptors (Lipinski definition) is 5. The number of benzene rings is 2. The van der Waals surface area contributed by atoms with Gasteiger partial charge >= 0.3 is 0 Å². The molecule has 132 valence electrons. The van der Waals surface area contributed by atoms with Gasteiger partial charge in [-0.2, -0.15) is 0 Å². The van der Waals surface area contributed by atoms with Crippen molar-refractivity contribution in [2.45, 2.75) is 19.1 Å². The molecule has 5 nitrogen and oxygen atoms in total. The van der Waals surface area contributed by atoms with E-state index in [1.54, 1.807) is 29.8 Å². The zero-order valence-electron chi connectivity index (χ0n) is 14.1. The van der Waals surface area contributed by atoms with E-state index in [1.165, 1.54) is 11.3 Å². The van der Waals surface area contributed by atoms with Crippen molar-refractivity contribution in [1.82, 2.24) is 10.3 Å². The van der Waals surface area contributed by atoms with Crippen LogP contribution in [0.15, 0.2) is 59.4 Å². The number of thiazole rings is 1. The first-order valence-electron chi connectivity index (χ1n) is 8.39. The Bertz CT molecular complexity index is 878. The van der Waals surface area contributed by atoms with Gasteiger partial charge in [0.1, 0.15) is 24.7 Å². The van der Waals surface area contributed by atoms with E-state index in [9.17, 15) is 4.79 Å². The molecule has 0 saturated carbocycles. The molecular weight excluding hydrogens is 348 g/mol. The highest BCUT2D eigenvalue weighted by Crippen LogP contribution is 2.24. The molecule has 4 rings (SSSR count). The molecule has 1 aliphatic rings. The van der Waals surface area contributed by atoms with Gasteiger partial charge < -0.3 is 14.8 Å². The summed E-state index contributed by atoms with van der Waals surface area (Å²) in [6.07, 6.45) is 0.775. The molecule has 2 heterocycles. The third kappa shape index (κ3) is 3.86. The molecule has 26 heavy (non-hydrogen) atoms.